The van der Waals surface area contributed by atoms with Crippen molar-refractivity contribution in [1.82, 2.24) is 9.97 Å². The van der Waals surface area contributed by atoms with Gasteiger partial charge in [-0.3, -0.25) is 19.6 Å². The van der Waals surface area contributed by atoms with E-state index >= 15 is 0 Å². The summed E-state index contributed by atoms with van der Waals surface area (Å²) in [4.78, 5) is 35.6. The number of allylic oxidation sites excluding steroid dienone is 1. The quantitative estimate of drug-likeness (QED) is 0.356. The van der Waals surface area contributed by atoms with Crippen LogP contribution in [0.5, 0.6) is 0 Å². The summed E-state index contributed by atoms with van der Waals surface area (Å²) in [6, 6.07) is 13.7. The number of anilines is 1. The SMILES string of the molecule is CC1C[C@@]2(C(=O)Nc3cccnc3)C(=O)OC(C)C2C(/C=C/c2ccc(-c3cccc(F)c3)cn2)C1C. The fourth-order valence-corrected chi connectivity index (χ4v) is 6.01. The minimum Gasteiger partial charge on any atom is -0.461 e. The number of esters is 1. The molecule has 0 spiro atoms. The molecular weight excluding hydrogens is 469 g/mol. The first-order valence-corrected chi connectivity index (χ1v) is 12.6. The topological polar surface area (TPSA) is 81.2 Å². The Kier molecular flexibility index (Phi) is 6.63. The summed E-state index contributed by atoms with van der Waals surface area (Å²) in [5.41, 5.74) is 1.61. The number of fused-ring (bicyclic) bond motifs is 1. The number of benzene rings is 1. The molecule has 1 amide bonds. The maximum Gasteiger partial charge on any atom is 0.322 e. The average molecular weight is 500 g/mol. The molecule has 1 saturated heterocycles. The maximum atomic E-state index is 13.7. The van der Waals surface area contributed by atoms with E-state index in [-0.39, 0.29) is 35.4 Å². The molecule has 2 aromatic heterocycles. The number of cyclic esters (lactones) is 1. The van der Waals surface area contributed by atoms with E-state index in [4.69, 9.17) is 4.74 Å². The smallest absolute Gasteiger partial charge is 0.322 e. The largest absolute Gasteiger partial charge is 0.461 e. The highest BCUT2D eigenvalue weighted by Gasteiger charge is 2.66. The van der Waals surface area contributed by atoms with Crippen molar-refractivity contribution < 1.29 is 18.7 Å². The number of nitrogens with one attached hydrogen (secondary N) is 1. The molecule has 3 aromatic rings. The summed E-state index contributed by atoms with van der Waals surface area (Å²) in [7, 11) is 0. The molecule has 37 heavy (non-hydrogen) atoms. The van der Waals surface area contributed by atoms with E-state index < -0.39 is 17.5 Å². The van der Waals surface area contributed by atoms with Gasteiger partial charge in [-0.2, -0.15) is 0 Å². The van der Waals surface area contributed by atoms with E-state index in [1.165, 1.54) is 12.1 Å². The van der Waals surface area contributed by atoms with Crippen LogP contribution >= 0.6 is 0 Å². The van der Waals surface area contributed by atoms with Crippen molar-refractivity contribution in [3.8, 4) is 11.1 Å². The van der Waals surface area contributed by atoms with E-state index in [1.807, 2.05) is 31.2 Å². The molecule has 7 heteroatoms. The second-order valence-corrected chi connectivity index (χ2v) is 10.3. The van der Waals surface area contributed by atoms with Gasteiger partial charge in [-0.15, -0.1) is 0 Å². The van der Waals surface area contributed by atoms with Crippen LogP contribution in [0.4, 0.5) is 10.1 Å². The molecule has 1 aliphatic carbocycles. The third-order valence-electron chi connectivity index (χ3n) is 8.05. The number of nitrogens with zero attached hydrogens (tertiary/aromatic N) is 2. The van der Waals surface area contributed by atoms with Gasteiger partial charge in [0.15, 0.2) is 5.41 Å². The number of aromatic nitrogens is 2. The van der Waals surface area contributed by atoms with Crippen molar-refractivity contribution in [3.05, 3.63) is 84.7 Å². The number of carbonyl (C=O) groups is 2. The summed E-state index contributed by atoms with van der Waals surface area (Å²) in [5, 5.41) is 2.91. The Hall–Kier alpha value is -3.87. The zero-order valence-electron chi connectivity index (χ0n) is 21.1. The molecule has 6 nitrogen and oxygen atoms in total. The summed E-state index contributed by atoms with van der Waals surface area (Å²) in [6.07, 6.45) is 8.95. The zero-order valence-corrected chi connectivity index (χ0v) is 21.1. The van der Waals surface area contributed by atoms with E-state index in [2.05, 4.69) is 35.2 Å². The number of halogens is 1. The summed E-state index contributed by atoms with van der Waals surface area (Å²) in [5.74, 6) is -1.13. The fraction of sp³-hybridized carbons (Fsp3) is 0.333. The molecule has 6 atom stereocenters. The number of rotatable bonds is 5. The number of pyridine rings is 2. The van der Waals surface area contributed by atoms with Gasteiger partial charge >= 0.3 is 5.97 Å². The molecular formula is C30H30FN3O3. The molecule has 5 rings (SSSR count). The van der Waals surface area contributed by atoms with Crippen molar-refractivity contribution in [2.75, 3.05) is 5.32 Å². The lowest BCUT2D eigenvalue weighted by atomic mass is 9.54. The van der Waals surface area contributed by atoms with Gasteiger partial charge in [-0.25, -0.2) is 4.39 Å². The van der Waals surface area contributed by atoms with E-state index in [0.29, 0.717) is 12.1 Å². The van der Waals surface area contributed by atoms with E-state index in [9.17, 15) is 14.0 Å². The molecule has 190 valence electrons. The van der Waals surface area contributed by atoms with Gasteiger partial charge in [0.05, 0.1) is 17.6 Å². The van der Waals surface area contributed by atoms with E-state index in [0.717, 1.165) is 16.8 Å². The van der Waals surface area contributed by atoms with Crippen LogP contribution in [0.1, 0.15) is 32.9 Å². The first kappa shape index (κ1) is 24.8. The lowest BCUT2D eigenvalue weighted by molar-refractivity contribution is -0.155. The molecule has 0 radical (unpaired) electrons. The van der Waals surface area contributed by atoms with Crippen molar-refractivity contribution in [1.29, 1.82) is 0 Å². The standard InChI is InChI=1S/C30H30FN3O3/c1-18-15-30(28(35)34-25-8-5-13-32-17-25)27(20(3)37-29(30)36)26(19(18)2)12-11-24-10-9-22(16-33-24)21-6-4-7-23(31)14-21/h4-14,16-20,26-27H,15H2,1-3H3,(H,34,35)/b12-11+/t18?,19?,20?,26?,27?,30-/m1/s1. The Morgan fingerprint density at radius 1 is 1.11 bits per heavy atom. The third kappa shape index (κ3) is 4.54. The molecule has 1 aliphatic heterocycles. The van der Waals surface area contributed by atoms with Crippen molar-refractivity contribution in [3.63, 3.8) is 0 Å². The highest BCUT2D eigenvalue weighted by Crippen LogP contribution is 2.56. The average Bonchev–Trinajstić information content (AvgIpc) is 3.15. The van der Waals surface area contributed by atoms with Gasteiger partial charge in [0.1, 0.15) is 11.9 Å². The van der Waals surface area contributed by atoms with Gasteiger partial charge in [-0.05, 0) is 73.1 Å². The van der Waals surface area contributed by atoms with Crippen LogP contribution in [-0.4, -0.2) is 27.9 Å². The van der Waals surface area contributed by atoms with Crippen LogP contribution in [0.2, 0.25) is 0 Å². The molecule has 0 bridgehead atoms. The number of ether oxygens (including phenoxy) is 1. The van der Waals surface area contributed by atoms with Crippen LogP contribution in [0.3, 0.4) is 0 Å². The van der Waals surface area contributed by atoms with Crippen molar-refractivity contribution in [2.24, 2.45) is 29.1 Å². The Morgan fingerprint density at radius 3 is 2.65 bits per heavy atom. The van der Waals surface area contributed by atoms with Gasteiger partial charge < -0.3 is 10.1 Å². The molecule has 1 aromatic carbocycles. The number of amides is 1. The van der Waals surface area contributed by atoms with Crippen LogP contribution in [0, 0.1) is 34.9 Å². The predicted octanol–water partition coefficient (Wildman–Crippen LogP) is 5.77. The monoisotopic (exact) mass is 499 g/mol. The molecule has 3 heterocycles. The van der Waals surface area contributed by atoms with E-state index in [1.54, 1.807) is 36.8 Å². The molecule has 5 unspecified atom stereocenters. The highest BCUT2D eigenvalue weighted by atomic mass is 19.1. The second-order valence-electron chi connectivity index (χ2n) is 10.3. The minimum absolute atomic E-state index is 0.0745. The molecule has 2 fully saturated rings. The number of hydrogen-bond donors (Lipinski definition) is 1. The van der Waals surface area contributed by atoms with Crippen LogP contribution in [-0.2, 0) is 14.3 Å². The molecule has 1 N–H and O–H groups in total. The Balaban J connectivity index is 1.44. The maximum absolute atomic E-state index is 13.7. The Morgan fingerprint density at radius 2 is 1.95 bits per heavy atom. The lowest BCUT2D eigenvalue weighted by Gasteiger charge is -2.46. The minimum atomic E-state index is -1.27. The van der Waals surface area contributed by atoms with Gasteiger partial charge in [0, 0.05) is 23.9 Å². The highest BCUT2D eigenvalue weighted by molar-refractivity contribution is 6.10. The van der Waals surface area contributed by atoms with Crippen molar-refractivity contribution >= 4 is 23.6 Å². The first-order chi connectivity index (χ1) is 17.8. The van der Waals surface area contributed by atoms with Gasteiger partial charge in [0.2, 0.25) is 5.91 Å². The summed E-state index contributed by atoms with van der Waals surface area (Å²) < 4.78 is 19.3. The van der Waals surface area contributed by atoms with Crippen molar-refractivity contribution in [2.45, 2.75) is 33.3 Å². The zero-order chi connectivity index (χ0) is 26.2. The fourth-order valence-electron chi connectivity index (χ4n) is 6.01. The normalized spacial score (nSPS) is 29.1. The molecule has 1 saturated carbocycles. The van der Waals surface area contributed by atoms with Crippen LogP contribution in [0.15, 0.2) is 73.2 Å². The number of hydrogen-bond acceptors (Lipinski definition) is 5. The lowest BCUT2D eigenvalue weighted by Crippen LogP contribution is -2.54. The molecule has 2 aliphatic rings. The van der Waals surface area contributed by atoms with Gasteiger partial charge in [-0.1, -0.05) is 38.1 Å². The Bertz CT molecular complexity index is 1330. The summed E-state index contributed by atoms with van der Waals surface area (Å²) >= 11 is 0. The number of carbonyl (C=O) groups excluding carboxylic acids is 2. The van der Waals surface area contributed by atoms with Gasteiger partial charge in [0.25, 0.3) is 0 Å². The van der Waals surface area contributed by atoms with Crippen LogP contribution < -0.4 is 5.32 Å². The predicted molar refractivity (Wildman–Crippen MR) is 139 cm³/mol. The Labute approximate surface area is 216 Å². The third-order valence-corrected chi connectivity index (χ3v) is 8.05. The summed E-state index contributed by atoms with van der Waals surface area (Å²) in [6.45, 7) is 6.12. The second kappa shape index (κ2) is 9.88. The van der Waals surface area contributed by atoms with Crippen LogP contribution in [0.25, 0.3) is 17.2 Å². The first-order valence-electron chi connectivity index (χ1n) is 12.6.